The van der Waals surface area contributed by atoms with Gasteiger partial charge in [-0.2, -0.15) is 0 Å². The Morgan fingerprint density at radius 2 is 1.88 bits per heavy atom. The van der Waals surface area contributed by atoms with Gasteiger partial charge in [-0.1, -0.05) is 18.9 Å². The van der Waals surface area contributed by atoms with Gasteiger partial charge in [-0.15, -0.1) is 0 Å². The Balaban J connectivity index is 2.05. The van der Waals surface area contributed by atoms with Crippen LogP contribution in [0.1, 0.15) is 32.1 Å². The summed E-state index contributed by atoms with van der Waals surface area (Å²) < 4.78 is 23.5. The maximum atomic E-state index is 12.2. The van der Waals surface area contributed by atoms with Gasteiger partial charge >= 0.3 is 5.69 Å². The first kappa shape index (κ1) is 19.2. The van der Waals surface area contributed by atoms with Crippen molar-refractivity contribution in [1.29, 1.82) is 0 Å². The van der Waals surface area contributed by atoms with Crippen LogP contribution in [0.15, 0.2) is 23.1 Å². The zero-order valence-corrected chi connectivity index (χ0v) is 15.0. The molecule has 1 aliphatic rings. The normalized spacial score (nSPS) is 15.5. The fourth-order valence-corrected chi connectivity index (χ4v) is 3.80. The van der Waals surface area contributed by atoms with E-state index in [0.29, 0.717) is 0 Å². The van der Waals surface area contributed by atoms with Crippen LogP contribution in [-0.2, 0) is 14.6 Å². The quantitative estimate of drug-likeness (QED) is 0.608. The smallest absolute Gasteiger partial charge is 0.310 e. The molecule has 0 saturated carbocycles. The molecule has 25 heavy (non-hydrogen) atoms. The predicted molar refractivity (Wildman–Crippen MR) is 94.4 cm³/mol. The molecule has 0 aliphatic carbocycles. The Morgan fingerprint density at radius 3 is 2.44 bits per heavy atom. The number of carbonyl (C=O) groups is 1. The van der Waals surface area contributed by atoms with Crippen molar-refractivity contribution in [2.45, 2.75) is 37.0 Å². The highest BCUT2D eigenvalue weighted by Gasteiger charge is 2.26. The summed E-state index contributed by atoms with van der Waals surface area (Å²) in [5.41, 5.74) is -0.371. The lowest BCUT2D eigenvalue weighted by Crippen LogP contribution is -2.32. The summed E-state index contributed by atoms with van der Waals surface area (Å²) in [7, 11) is -3.72. The van der Waals surface area contributed by atoms with E-state index < -0.39 is 20.4 Å². The molecule has 8 nitrogen and oxygen atoms in total. The fourth-order valence-electron chi connectivity index (χ4n) is 2.93. The van der Waals surface area contributed by atoms with Crippen molar-refractivity contribution in [3.8, 4) is 0 Å². The monoisotopic (exact) mass is 369 g/mol. The molecule has 1 amide bonds. The molecule has 1 aromatic carbocycles. The molecule has 138 valence electrons. The number of benzene rings is 1. The highest BCUT2D eigenvalue weighted by molar-refractivity contribution is 7.90. The van der Waals surface area contributed by atoms with Gasteiger partial charge in [0.25, 0.3) is 0 Å². The van der Waals surface area contributed by atoms with Crippen LogP contribution >= 0.6 is 0 Å². The summed E-state index contributed by atoms with van der Waals surface area (Å²) in [6, 6.07) is 4.10. The van der Waals surface area contributed by atoms with Crippen molar-refractivity contribution in [2.75, 3.05) is 31.2 Å². The third-order valence-corrected chi connectivity index (χ3v) is 5.32. The van der Waals surface area contributed by atoms with Crippen LogP contribution in [-0.4, -0.2) is 50.0 Å². The first-order valence-corrected chi connectivity index (χ1v) is 10.2. The average Bonchev–Trinajstić information content (AvgIpc) is 2.82. The van der Waals surface area contributed by atoms with Crippen molar-refractivity contribution in [3.05, 3.63) is 28.3 Å². The predicted octanol–water partition coefficient (Wildman–Crippen LogP) is 2.20. The molecule has 2 rings (SSSR count). The summed E-state index contributed by atoms with van der Waals surface area (Å²) in [4.78, 5) is 24.3. The van der Waals surface area contributed by atoms with Crippen LogP contribution in [0.4, 0.5) is 11.4 Å². The van der Waals surface area contributed by atoms with Gasteiger partial charge in [0.1, 0.15) is 10.6 Å². The summed E-state index contributed by atoms with van der Waals surface area (Å²) in [6.07, 6.45) is 5.41. The fraction of sp³-hybridized carbons (Fsp3) is 0.562. The topological polar surface area (TPSA) is 110 Å². The number of para-hydroxylation sites is 1. The van der Waals surface area contributed by atoms with Crippen LogP contribution in [0.3, 0.4) is 0 Å². The molecular weight excluding hydrogens is 346 g/mol. The number of sulfone groups is 1. The second kappa shape index (κ2) is 8.28. The summed E-state index contributed by atoms with van der Waals surface area (Å²) in [5.74, 6) is 0.0105. The van der Waals surface area contributed by atoms with Crippen molar-refractivity contribution in [3.63, 3.8) is 0 Å². The Hall–Kier alpha value is -2.16. The number of likely N-dealkylation sites (tertiary alicyclic amines) is 1. The molecule has 1 aromatic rings. The zero-order chi connectivity index (χ0) is 18.4. The molecule has 0 atom stereocenters. The minimum Gasteiger partial charge on any atom is -0.379 e. The van der Waals surface area contributed by atoms with Gasteiger partial charge < -0.3 is 10.2 Å². The van der Waals surface area contributed by atoms with E-state index in [1.54, 1.807) is 0 Å². The molecular formula is C16H23N3O5S. The largest absolute Gasteiger partial charge is 0.379 e. The number of nitrogens with zero attached hydrogens (tertiary/aromatic N) is 2. The summed E-state index contributed by atoms with van der Waals surface area (Å²) in [6.45, 7) is 1.72. The third-order valence-electron chi connectivity index (χ3n) is 4.19. The minimum atomic E-state index is -3.72. The van der Waals surface area contributed by atoms with Crippen LogP contribution in [0.5, 0.6) is 0 Å². The van der Waals surface area contributed by atoms with E-state index in [1.807, 2.05) is 4.90 Å². The second-order valence-corrected chi connectivity index (χ2v) is 8.14. The molecule has 1 aliphatic heterocycles. The highest BCUT2D eigenvalue weighted by Crippen LogP contribution is 2.31. The lowest BCUT2D eigenvalue weighted by atomic mass is 10.2. The molecule has 1 saturated heterocycles. The van der Waals surface area contributed by atoms with Crippen molar-refractivity contribution >= 4 is 27.1 Å². The number of nitro benzene ring substituents is 1. The molecule has 0 unspecified atom stereocenters. The van der Waals surface area contributed by atoms with Gasteiger partial charge in [-0.3, -0.25) is 14.9 Å². The standard InChI is InChI=1S/C16H23N3O5S/c1-25(23,24)14-8-6-7-13(16(14)19(21)22)17-10-9-15(20)18-11-4-2-3-5-12-18/h6-8,17H,2-5,9-12H2,1H3. The van der Waals surface area contributed by atoms with Gasteiger partial charge in [0.05, 0.1) is 4.92 Å². The SMILES string of the molecule is CS(=O)(=O)c1cccc(NCCC(=O)N2CCCCCC2)c1[N+](=O)[O-]. The van der Waals surface area contributed by atoms with Crippen molar-refractivity contribution in [2.24, 2.45) is 0 Å². The number of rotatable bonds is 6. The molecule has 0 bridgehead atoms. The number of nitro groups is 1. The van der Waals surface area contributed by atoms with Crippen LogP contribution in [0, 0.1) is 10.1 Å². The van der Waals surface area contributed by atoms with Gasteiger partial charge in [0.15, 0.2) is 9.84 Å². The van der Waals surface area contributed by atoms with Crippen molar-refractivity contribution in [1.82, 2.24) is 4.90 Å². The number of amides is 1. The number of carbonyl (C=O) groups excluding carboxylic acids is 1. The van der Waals surface area contributed by atoms with Gasteiger partial charge in [-0.05, 0) is 25.0 Å². The minimum absolute atomic E-state index is 0.0105. The zero-order valence-electron chi connectivity index (χ0n) is 14.2. The molecule has 0 spiro atoms. The van der Waals surface area contributed by atoms with E-state index in [1.165, 1.54) is 18.2 Å². The van der Waals surface area contributed by atoms with E-state index in [-0.39, 0.29) is 29.5 Å². The van der Waals surface area contributed by atoms with Crippen LogP contribution in [0.2, 0.25) is 0 Å². The number of hydrogen-bond acceptors (Lipinski definition) is 6. The first-order valence-electron chi connectivity index (χ1n) is 8.30. The van der Waals surface area contributed by atoms with Gasteiger partial charge in [0.2, 0.25) is 5.91 Å². The molecule has 9 heteroatoms. The number of nitrogens with one attached hydrogen (secondary N) is 1. The highest BCUT2D eigenvalue weighted by atomic mass is 32.2. The van der Waals surface area contributed by atoms with E-state index in [0.717, 1.165) is 45.0 Å². The lowest BCUT2D eigenvalue weighted by molar-refractivity contribution is -0.386. The Bertz CT molecular complexity index is 740. The van der Waals surface area contributed by atoms with Crippen molar-refractivity contribution < 1.29 is 18.1 Å². The maximum absolute atomic E-state index is 12.2. The molecule has 1 N–H and O–H groups in total. The van der Waals surface area contributed by atoms with Gasteiger partial charge in [0, 0.05) is 32.3 Å². The number of anilines is 1. The van der Waals surface area contributed by atoms with Gasteiger partial charge in [-0.25, -0.2) is 8.42 Å². The first-order chi connectivity index (χ1) is 11.8. The Labute approximate surface area is 147 Å². The molecule has 0 radical (unpaired) electrons. The van der Waals surface area contributed by atoms with E-state index >= 15 is 0 Å². The van der Waals surface area contributed by atoms with Crippen LogP contribution in [0.25, 0.3) is 0 Å². The summed E-state index contributed by atoms with van der Waals surface area (Å²) in [5, 5.41) is 14.1. The third kappa shape index (κ3) is 5.15. The average molecular weight is 369 g/mol. The Kier molecular flexibility index (Phi) is 6.35. The summed E-state index contributed by atoms with van der Waals surface area (Å²) >= 11 is 0. The second-order valence-electron chi connectivity index (χ2n) is 6.15. The van der Waals surface area contributed by atoms with Crippen LogP contribution < -0.4 is 5.32 Å². The molecule has 1 heterocycles. The molecule has 1 fully saturated rings. The van der Waals surface area contributed by atoms with E-state index in [9.17, 15) is 23.3 Å². The molecule has 0 aromatic heterocycles. The van der Waals surface area contributed by atoms with E-state index in [4.69, 9.17) is 0 Å². The Morgan fingerprint density at radius 1 is 1.24 bits per heavy atom. The van der Waals surface area contributed by atoms with E-state index in [2.05, 4.69) is 5.32 Å². The number of hydrogen-bond donors (Lipinski definition) is 1. The maximum Gasteiger partial charge on any atom is 0.310 e. The lowest BCUT2D eigenvalue weighted by Gasteiger charge is -2.20.